The van der Waals surface area contributed by atoms with E-state index in [0.29, 0.717) is 24.3 Å². The summed E-state index contributed by atoms with van der Waals surface area (Å²) in [6.45, 7) is 3.17. The van der Waals surface area contributed by atoms with E-state index in [0.717, 1.165) is 31.4 Å². The van der Waals surface area contributed by atoms with E-state index in [1.165, 1.54) is 0 Å². The molecule has 0 radical (unpaired) electrons. The van der Waals surface area contributed by atoms with Gasteiger partial charge in [0.05, 0.1) is 17.5 Å². The Morgan fingerprint density at radius 1 is 1.38 bits per heavy atom. The van der Waals surface area contributed by atoms with Crippen molar-refractivity contribution in [2.45, 2.75) is 38.7 Å². The van der Waals surface area contributed by atoms with Gasteiger partial charge in [-0.3, -0.25) is 4.79 Å². The Kier molecular flexibility index (Phi) is 5.44. The van der Waals surface area contributed by atoms with Gasteiger partial charge in [-0.15, -0.1) is 0 Å². The van der Waals surface area contributed by atoms with Crippen molar-refractivity contribution in [3.8, 4) is 0 Å². The van der Waals surface area contributed by atoms with Crippen molar-refractivity contribution in [2.75, 3.05) is 24.1 Å². The average Bonchev–Trinajstić information content (AvgIpc) is 2.48. The van der Waals surface area contributed by atoms with Crippen LogP contribution in [0.3, 0.4) is 0 Å². The van der Waals surface area contributed by atoms with Crippen LogP contribution in [-0.4, -0.2) is 30.2 Å². The highest BCUT2D eigenvalue weighted by Gasteiger charge is 2.22. The first-order chi connectivity index (χ1) is 10.1. The smallest absolute Gasteiger partial charge is 0.251 e. The summed E-state index contributed by atoms with van der Waals surface area (Å²) in [6.07, 6.45) is 3.94. The predicted octanol–water partition coefficient (Wildman–Crippen LogP) is 1.98. The van der Waals surface area contributed by atoms with Crippen LogP contribution in [0.15, 0.2) is 18.2 Å². The number of carbonyl (C=O) groups excluding carboxylic acids is 1. The van der Waals surface area contributed by atoms with Gasteiger partial charge in [0, 0.05) is 24.6 Å². The number of amides is 1. The molecule has 1 aromatic carbocycles. The van der Waals surface area contributed by atoms with Gasteiger partial charge in [0.25, 0.3) is 5.91 Å². The van der Waals surface area contributed by atoms with Crippen LogP contribution in [0.2, 0.25) is 0 Å². The third kappa shape index (κ3) is 4.11. The van der Waals surface area contributed by atoms with E-state index in [2.05, 4.69) is 10.6 Å². The Hall–Kier alpha value is -1.75. The largest absolute Gasteiger partial charge is 0.397 e. The molecule has 2 rings (SSSR count). The molecule has 21 heavy (non-hydrogen) atoms. The van der Waals surface area contributed by atoms with Crippen LogP contribution in [0.1, 0.15) is 43.0 Å². The molecule has 0 spiro atoms. The van der Waals surface area contributed by atoms with Crippen molar-refractivity contribution in [1.29, 1.82) is 0 Å². The van der Waals surface area contributed by atoms with Gasteiger partial charge in [-0.1, -0.05) is 12.8 Å². The molecule has 0 saturated heterocycles. The molecule has 0 heterocycles. The number of anilines is 2. The monoisotopic (exact) mass is 291 g/mol. The predicted molar refractivity (Wildman–Crippen MR) is 85.3 cm³/mol. The number of aliphatic hydroxyl groups is 1. The first-order valence-corrected chi connectivity index (χ1v) is 7.71. The maximum absolute atomic E-state index is 11.8. The van der Waals surface area contributed by atoms with Crippen LogP contribution in [-0.2, 0) is 0 Å². The summed E-state index contributed by atoms with van der Waals surface area (Å²) in [5.41, 5.74) is 7.93. The fourth-order valence-electron chi connectivity index (χ4n) is 2.78. The van der Waals surface area contributed by atoms with Crippen LogP contribution in [0.5, 0.6) is 0 Å². The van der Waals surface area contributed by atoms with E-state index in [9.17, 15) is 9.90 Å². The summed E-state index contributed by atoms with van der Waals surface area (Å²) in [5, 5.41) is 16.1. The Balaban J connectivity index is 2.01. The second-order valence-corrected chi connectivity index (χ2v) is 5.65. The third-order valence-corrected chi connectivity index (χ3v) is 4.08. The fourth-order valence-corrected chi connectivity index (χ4v) is 2.78. The van der Waals surface area contributed by atoms with Crippen molar-refractivity contribution in [2.24, 2.45) is 5.92 Å². The Bertz CT molecular complexity index is 490. The minimum Gasteiger partial charge on any atom is -0.397 e. The average molecular weight is 291 g/mol. The van der Waals surface area contributed by atoms with Gasteiger partial charge in [-0.25, -0.2) is 0 Å². The molecule has 5 heteroatoms. The summed E-state index contributed by atoms with van der Waals surface area (Å²) in [7, 11) is 0. The van der Waals surface area contributed by atoms with Crippen LogP contribution < -0.4 is 16.4 Å². The number of benzene rings is 1. The summed E-state index contributed by atoms with van der Waals surface area (Å²) < 4.78 is 0. The molecule has 116 valence electrons. The minimum atomic E-state index is -0.237. The van der Waals surface area contributed by atoms with E-state index in [1.807, 2.05) is 6.92 Å². The van der Waals surface area contributed by atoms with Crippen LogP contribution >= 0.6 is 0 Å². The van der Waals surface area contributed by atoms with Gasteiger partial charge in [-0.2, -0.15) is 0 Å². The topological polar surface area (TPSA) is 87.4 Å². The highest BCUT2D eigenvalue weighted by molar-refractivity contribution is 5.96. The molecule has 5 N–H and O–H groups in total. The van der Waals surface area contributed by atoms with Crippen molar-refractivity contribution in [3.05, 3.63) is 23.8 Å². The van der Waals surface area contributed by atoms with E-state index in [4.69, 9.17) is 5.73 Å². The quantitative estimate of drug-likeness (QED) is 0.625. The lowest BCUT2D eigenvalue weighted by molar-refractivity contribution is 0.0763. The van der Waals surface area contributed by atoms with Gasteiger partial charge >= 0.3 is 0 Å². The number of nitrogens with one attached hydrogen (secondary N) is 2. The molecule has 1 aromatic rings. The Morgan fingerprint density at radius 2 is 2.14 bits per heavy atom. The van der Waals surface area contributed by atoms with Crippen LogP contribution in [0, 0.1) is 5.92 Å². The van der Waals surface area contributed by atoms with Crippen molar-refractivity contribution in [1.82, 2.24) is 5.32 Å². The first kappa shape index (κ1) is 15.6. The zero-order chi connectivity index (χ0) is 15.2. The molecule has 2 unspecified atom stereocenters. The Morgan fingerprint density at radius 3 is 2.86 bits per heavy atom. The van der Waals surface area contributed by atoms with E-state index in [-0.39, 0.29) is 17.9 Å². The molecule has 1 aliphatic rings. The highest BCUT2D eigenvalue weighted by Crippen LogP contribution is 2.26. The maximum atomic E-state index is 11.8. The van der Waals surface area contributed by atoms with Gasteiger partial charge in [0.2, 0.25) is 0 Å². The third-order valence-electron chi connectivity index (χ3n) is 4.08. The van der Waals surface area contributed by atoms with Gasteiger partial charge in [0.1, 0.15) is 0 Å². The standard InChI is InChI=1S/C16H25N3O2/c1-2-18-16(21)11-7-8-13(17)14(9-11)19-10-12-5-3-4-6-15(12)20/h7-9,12,15,19-20H,2-6,10,17H2,1H3,(H,18,21). The zero-order valence-corrected chi connectivity index (χ0v) is 12.6. The normalized spacial score (nSPS) is 21.8. The van der Waals surface area contributed by atoms with Gasteiger partial charge < -0.3 is 21.5 Å². The Labute approximate surface area is 125 Å². The number of hydrogen-bond donors (Lipinski definition) is 4. The molecule has 5 nitrogen and oxygen atoms in total. The molecular weight excluding hydrogens is 266 g/mol. The van der Waals surface area contributed by atoms with E-state index >= 15 is 0 Å². The number of hydrogen-bond acceptors (Lipinski definition) is 4. The molecule has 1 saturated carbocycles. The second kappa shape index (κ2) is 7.31. The van der Waals surface area contributed by atoms with Crippen molar-refractivity contribution in [3.63, 3.8) is 0 Å². The fraction of sp³-hybridized carbons (Fsp3) is 0.562. The lowest BCUT2D eigenvalue weighted by Crippen LogP contribution is -2.30. The number of nitrogen functional groups attached to an aromatic ring is 1. The molecule has 1 aliphatic carbocycles. The van der Waals surface area contributed by atoms with Crippen LogP contribution in [0.25, 0.3) is 0 Å². The lowest BCUT2D eigenvalue weighted by Gasteiger charge is -2.28. The number of aliphatic hydroxyl groups excluding tert-OH is 1. The van der Waals surface area contributed by atoms with Gasteiger partial charge in [0.15, 0.2) is 0 Å². The number of nitrogens with two attached hydrogens (primary N) is 1. The van der Waals surface area contributed by atoms with Crippen LogP contribution in [0.4, 0.5) is 11.4 Å². The molecule has 1 amide bonds. The lowest BCUT2D eigenvalue weighted by atomic mass is 9.86. The molecular formula is C16H25N3O2. The molecule has 0 aromatic heterocycles. The summed E-state index contributed by atoms with van der Waals surface area (Å²) in [5.74, 6) is 0.157. The first-order valence-electron chi connectivity index (χ1n) is 7.71. The molecule has 0 aliphatic heterocycles. The van der Waals surface area contributed by atoms with Gasteiger partial charge in [-0.05, 0) is 38.0 Å². The summed E-state index contributed by atoms with van der Waals surface area (Å²) in [4.78, 5) is 11.8. The minimum absolute atomic E-state index is 0.0988. The summed E-state index contributed by atoms with van der Waals surface area (Å²) >= 11 is 0. The second-order valence-electron chi connectivity index (χ2n) is 5.65. The summed E-state index contributed by atoms with van der Waals surface area (Å²) in [6, 6.07) is 5.24. The number of rotatable bonds is 5. The molecule has 1 fully saturated rings. The zero-order valence-electron chi connectivity index (χ0n) is 12.6. The van der Waals surface area contributed by atoms with E-state index in [1.54, 1.807) is 18.2 Å². The SMILES string of the molecule is CCNC(=O)c1ccc(N)c(NCC2CCCCC2O)c1. The maximum Gasteiger partial charge on any atom is 0.251 e. The van der Waals surface area contributed by atoms with Crippen molar-refractivity contribution < 1.29 is 9.90 Å². The molecule has 2 atom stereocenters. The molecule has 0 bridgehead atoms. The highest BCUT2D eigenvalue weighted by atomic mass is 16.3. The van der Waals surface area contributed by atoms with Crippen molar-refractivity contribution >= 4 is 17.3 Å². The van der Waals surface area contributed by atoms with E-state index < -0.39 is 0 Å². The number of carbonyl (C=O) groups is 1.